The van der Waals surface area contributed by atoms with Crippen LogP contribution in [0.2, 0.25) is 0 Å². The standard InChI is InChI=1S/C23H23N3O3/c1-17-14-26(16-24-17)21-10-8-19(13-22(21)29-2)9-11-23(28)25-20(15-27)12-18-6-4-3-5-7-18/h3-11,13-16,20H,12H2,1-2H3,(H,25,28)/b11-9+/t20-/m1/s1. The molecular weight excluding hydrogens is 366 g/mol. The van der Waals surface area contributed by atoms with Crippen molar-refractivity contribution in [3.8, 4) is 11.4 Å². The molecule has 6 heteroatoms. The van der Waals surface area contributed by atoms with E-state index in [2.05, 4.69) is 10.3 Å². The van der Waals surface area contributed by atoms with E-state index < -0.39 is 6.04 Å². The summed E-state index contributed by atoms with van der Waals surface area (Å²) < 4.78 is 7.36. The maximum Gasteiger partial charge on any atom is 0.244 e. The van der Waals surface area contributed by atoms with Gasteiger partial charge in [-0.25, -0.2) is 4.98 Å². The van der Waals surface area contributed by atoms with Crippen molar-refractivity contribution in [1.29, 1.82) is 0 Å². The molecule has 0 spiro atoms. The van der Waals surface area contributed by atoms with Crippen molar-refractivity contribution < 1.29 is 14.3 Å². The third-order valence-corrected chi connectivity index (χ3v) is 4.41. The predicted octanol–water partition coefficient (Wildman–Crippen LogP) is 3.13. The van der Waals surface area contributed by atoms with Gasteiger partial charge in [-0.2, -0.15) is 0 Å². The van der Waals surface area contributed by atoms with Crippen LogP contribution in [0, 0.1) is 6.92 Å². The molecule has 0 radical (unpaired) electrons. The van der Waals surface area contributed by atoms with Crippen molar-refractivity contribution in [3.63, 3.8) is 0 Å². The van der Waals surface area contributed by atoms with E-state index in [4.69, 9.17) is 4.74 Å². The van der Waals surface area contributed by atoms with E-state index in [1.54, 1.807) is 19.5 Å². The highest BCUT2D eigenvalue weighted by Gasteiger charge is 2.11. The summed E-state index contributed by atoms with van der Waals surface area (Å²) in [6.45, 7) is 1.92. The van der Waals surface area contributed by atoms with Crippen molar-refractivity contribution in [2.75, 3.05) is 7.11 Å². The highest BCUT2D eigenvalue weighted by atomic mass is 16.5. The first-order valence-electron chi connectivity index (χ1n) is 9.26. The summed E-state index contributed by atoms with van der Waals surface area (Å²) in [5.74, 6) is 0.339. The Kier molecular flexibility index (Phi) is 6.58. The van der Waals surface area contributed by atoms with Crippen LogP contribution >= 0.6 is 0 Å². The summed E-state index contributed by atoms with van der Waals surface area (Å²) in [6, 6.07) is 14.6. The van der Waals surface area contributed by atoms with Crippen LogP contribution in [-0.4, -0.2) is 34.9 Å². The number of amides is 1. The fourth-order valence-corrected chi connectivity index (χ4v) is 2.97. The van der Waals surface area contributed by atoms with Crippen LogP contribution in [0.5, 0.6) is 5.75 Å². The molecule has 1 N–H and O–H groups in total. The molecule has 1 amide bonds. The molecule has 1 aromatic heterocycles. The number of aromatic nitrogens is 2. The van der Waals surface area contributed by atoms with Gasteiger partial charge in [0.1, 0.15) is 12.0 Å². The summed E-state index contributed by atoms with van der Waals surface area (Å²) in [5.41, 5.74) is 3.57. The second-order valence-corrected chi connectivity index (χ2v) is 6.63. The first-order valence-corrected chi connectivity index (χ1v) is 9.26. The molecule has 1 heterocycles. The minimum absolute atomic E-state index is 0.327. The molecule has 0 fully saturated rings. The molecule has 3 rings (SSSR count). The summed E-state index contributed by atoms with van der Waals surface area (Å²) >= 11 is 0. The Labute approximate surface area is 169 Å². The smallest absolute Gasteiger partial charge is 0.244 e. The Bertz CT molecular complexity index is 1010. The fraction of sp³-hybridized carbons (Fsp3) is 0.174. The number of methoxy groups -OCH3 is 1. The molecule has 0 aliphatic rings. The molecule has 148 valence electrons. The topological polar surface area (TPSA) is 73.2 Å². The van der Waals surface area contributed by atoms with Crippen LogP contribution in [0.15, 0.2) is 67.1 Å². The number of nitrogens with one attached hydrogen (secondary N) is 1. The molecule has 6 nitrogen and oxygen atoms in total. The summed E-state index contributed by atoms with van der Waals surface area (Å²) in [6.07, 6.45) is 7.94. The fourth-order valence-electron chi connectivity index (χ4n) is 2.97. The number of carbonyl (C=O) groups is 2. The molecule has 0 bridgehead atoms. The highest BCUT2D eigenvalue weighted by molar-refractivity contribution is 5.93. The lowest BCUT2D eigenvalue weighted by Crippen LogP contribution is -2.36. The van der Waals surface area contributed by atoms with Gasteiger partial charge in [-0.15, -0.1) is 0 Å². The lowest BCUT2D eigenvalue weighted by atomic mass is 10.1. The maximum atomic E-state index is 12.2. The number of carbonyl (C=O) groups excluding carboxylic acids is 2. The summed E-state index contributed by atoms with van der Waals surface area (Å²) in [5, 5.41) is 2.72. The normalized spacial score (nSPS) is 11.9. The molecule has 0 saturated carbocycles. The minimum Gasteiger partial charge on any atom is -0.495 e. The predicted molar refractivity (Wildman–Crippen MR) is 112 cm³/mol. The van der Waals surface area contributed by atoms with Crippen molar-refractivity contribution >= 4 is 18.3 Å². The van der Waals surface area contributed by atoms with Gasteiger partial charge in [-0.05, 0) is 42.7 Å². The molecule has 0 saturated heterocycles. The summed E-state index contributed by atoms with van der Waals surface area (Å²) in [7, 11) is 1.60. The SMILES string of the molecule is COc1cc(/C=C/C(=O)N[C@@H](C=O)Cc2ccccc2)ccc1-n1cnc(C)c1. The number of ether oxygens (including phenoxy) is 1. The van der Waals surface area contributed by atoms with Gasteiger partial charge in [0.2, 0.25) is 5.91 Å². The van der Waals surface area contributed by atoms with Gasteiger partial charge >= 0.3 is 0 Å². The van der Waals surface area contributed by atoms with E-state index in [0.29, 0.717) is 12.2 Å². The largest absolute Gasteiger partial charge is 0.495 e. The molecule has 2 aromatic carbocycles. The zero-order valence-electron chi connectivity index (χ0n) is 16.4. The summed E-state index contributed by atoms with van der Waals surface area (Å²) in [4.78, 5) is 27.8. The van der Waals surface area contributed by atoms with Crippen molar-refractivity contribution in [1.82, 2.24) is 14.9 Å². The van der Waals surface area contributed by atoms with E-state index in [0.717, 1.165) is 28.8 Å². The number of imidazole rings is 1. The zero-order valence-corrected chi connectivity index (χ0v) is 16.4. The van der Waals surface area contributed by atoms with Crippen molar-refractivity contribution in [2.45, 2.75) is 19.4 Å². The van der Waals surface area contributed by atoms with Gasteiger partial charge in [-0.1, -0.05) is 36.4 Å². The molecule has 0 aliphatic heterocycles. The lowest BCUT2D eigenvalue weighted by Gasteiger charge is -2.11. The average Bonchev–Trinajstić information content (AvgIpc) is 3.18. The molecule has 3 aromatic rings. The lowest BCUT2D eigenvalue weighted by molar-refractivity contribution is -0.120. The highest BCUT2D eigenvalue weighted by Crippen LogP contribution is 2.25. The van der Waals surface area contributed by atoms with Gasteiger partial charge < -0.3 is 19.4 Å². The van der Waals surface area contributed by atoms with Gasteiger partial charge in [0.15, 0.2) is 0 Å². The Morgan fingerprint density at radius 1 is 1.24 bits per heavy atom. The first-order chi connectivity index (χ1) is 14.1. The number of hydrogen-bond acceptors (Lipinski definition) is 4. The Morgan fingerprint density at radius 3 is 2.69 bits per heavy atom. The first kappa shape index (κ1) is 20.1. The van der Waals surface area contributed by atoms with Crippen LogP contribution in [0.25, 0.3) is 11.8 Å². The Hall–Kier alpha value is -3.67. The Morgan fingerprint density at radius 2 is 2.03 bits per heavy atom. The maximum absolute atomic E-state index is 12.2. The van der Waals surface area contributed by atoms with Gasteiger partial charge in [0, 0.05) is 12.3 Å². The van der Waals surface area contributed by atoms with Crippen molar-refractivity contribution in [2.24, 2.45) is 0 Å². The van der Waals surface area contributed by atoms with Gasteiger partial charge in [-0.3, -0.25) is 4.79 Å². The van der Waals surface area contributed by atoms with Gasteiger partial charge in [0.25, 0.3) is 0 Å². The third kappa shape index (κ3) is 5.42. The van der Waals surface area contributed by atoms with Crippen LogP contribution in [0.3, 0.4) is 0 Å². The number of aryl methyl sites for hydroxylation is 1. The van der Waals surface area contributed by atoms with E-state index in [9.17, 15) is 9.59 Å². The average molecular weight is 389 g/mol. The molecule has 0 unspecified atom stereocenters. The molecular formula is C23H23N3O3. The quantitative estimate of drug-likeness (QED) is 0.475. The van der Waals surface area contributed by atoms with E-state index in [1.165, 1.54) is 6.08 Å². The number of hydrogen-bond donors (Lipinski definition) is 1. The van der Waals surface area contributed by atoms with Crippen molar-refractivity contribution in [3.05, 3.63) is 84.0 Å². The molecule has 1 atom stereocenters. The monoisotopic (exact) mass is 389 g/mol. The second-order valence-electron chi connectivity index (χ2n) is 6.63. The van der Waals surface area contributed by atoms with Crippen LogP contribution in [-0.2, 0) is 16.0 Å². The number of nitrogens with zero attached hydrogens (tertiary/aromatic N) is 2. The zero-order chi connectivity index (χ0) is 20.6. The Balaban J connectivity index is 1.67. The third-order valence-electron chi connectivity index (χ3n) is 4.41. The minimum atomic E-state index is -0.573. The number of aldehydes is 1. The molecule has 0 aliphatic carbocycles. The van der Waals surface area contributed by atoms with E-state index >= 15 is 0 Å². The van der Waals surface area contributed by atoms with E-state index in [-0.39, 0.29) is 5.91 Å². The van der Waals surface area contributed by atoms with Crippen LogP contribution in [0.1, 0.15) is 16.8 Å². The second kappa shape index (κ2) is 9.50. The molecule has 29 heavy (non-hydrogen) atoms. The van der Waals surface area contributed by atoms with Crippen LogP contribution < -0.4 is 10.1 Å². The van der Waals surface area contributed by atoms with Crippen LogP contribution in [0.4, 0.5) is 0 Å². The van der Waals surface area contributed by atoms with Gasteiger partial charge in [0.05, 0.1) is 30.9 Å². The number of benzene rings is 2. The van der Waals surface area contributed by atoms with E-state index in [1.807, 2.05) is 66.2 Å². The number of rotatable bonds is 8.